The van der Waals surface area contributed by atoms with Gasteiger partial charge in [-0.2, -0.15) is 0 Å². The minimum atomic E-state index is -1.39. The summed E-state index contributed by atoms with van der Waals surface area (Å²) in [4.78, 5) is 10.4. The first-order valence-corrected chi connectivity index (χ1v) is 3.38. The lowest BCUT2D eigenvalue weighted by molar-refractivity contribution is -0.129. The molecule has 6 nitrogen and oxygen atoms in total. The fourth-order valence-corrected chi connectivity index (χ4v) is 0.883. The summed E-state index contributed by atoms with van der Waals surface area (Å²) in [6, 6.07) is 0. The van der Waals surface area contributed by atoms with E-state index in [2.05, 4.69) is 10.3 Å². The van der Waals surface area contributed by atoms with Crippen LogP contribution in [0.4, 0.5) is 0 Å². The average Bonchev–Trinajstić information content (AvgIpc) is 2.81. The standard InChI is InChI=1S/C6H8N2O4/c9-6(10)5(8-12)4(7-11)3-1-2-3/h3,11-12H,1-2H2,(H,9,10)/b7-4+,8-5-. The SMILES string of the molecule is O=C(O)C(=N\O)/C(=N/O)C1CC1. The fourth-order valence-electron chi connectivity index (χ4n) is 0.883. The predicted molar refractivity (Wildman–Crippen MR) is 38.8 cm³/mol. The molecule has 0 saturated heterocycles. The van der Waals surface area contributed by atoms with Gasteiger partial charge in [0.1, 0.15) is 5.71 Å². The smallest absolute Gasteiger partial charge is 0.360 e. The van der Waals surface area contributed by atoms with Crippen LogP contribution in [-0.4, -0.2) is 32.9 Å². The van der Waals surface area contributed by atoms with Crippen molar-refractivity contribution in [3.05, 3.63) is 0 Å². The van der Waals surface area contributed by atoms with Crippen molar-refractivity contribution in [1.29, 1.82) is 0 Å². The molecule has 0 spiro atoms. The summed E-state index contributed by atoms with van der Waals surface area (Å²) in [5.41, 5.74) is -0.634. The van der Waals surface area contributed by atoms with E-state index in [1.807, 2.05) is 0 Å². The lowest BCUT2D eigenvalue weighted by atomic mass is 10.1. The number of hydrogen-bond donors (Lipinski definition) is 3. The normalized spacial score (nSPS) is 19.3. The van der Waals surface area contributed by atoms with Gasteiger partial charge < -0.3 is 15.5 Å². The maximum absolute atomic E-state index is 10.4. The van der Waals surface area contributed by atoms with Crippen molar-refractivity contribution in [2.75, 3.05) is 0 Å². The van der Waals surface area contributed by atoms with Gasteiger partial charge in [-0.1, -0.05) is 10.3 Å². The molecule has 0 aromatic carbocycles. The van der Waals surface area contributed by atoms with Crippen molar-refractivity contribution in [2.45, 2.75) is 12.8 Å². The van der Waals surface area contributed by atoms with Crippen molar-refractivity contribution in [3.8, 4) is 0 Å². The number of aliphatic carboxylic acids is 1. The Labute approximate surface area is 67.8 Å². The van der Waals surface area contributed by atoms with Gasteiger partial charge in [-0.05, 0) is 12.8 Å². The Hall–Kier alpha value is -1.59. The third-order valence-electron chi connectivity index (χ3n) is 1.62. The highest BCUT2D eigenvalue weighted by Gasteiger charge is 2.34. The van der Waals surface area contributed by atoms with Gasteiger partial charge >= 0.3 is 5.97 Å². The fraction of sp³-hybridized carbons (Fsp3) is 0.500. The van der Waals surface area contributed by atoms with E-state index < -0.39 is 11.7 Å². The molecular formula is C6H8N2O4. The maximum atomic E-state index is 10.4. The van der Waals surface area contributed by atoms with Crippen LogP contribution < -0.4 is 0 Å². The summed E-state index contributed by atoms with van der Waals surface area (Å²) < 4.78 is 0. The number of rotatable bonds is 3. The van der Waals surface area contributed by atoms with Gasteiger partial charge in [-0.3, -0.25) is 0 Å². The maximum Gasteiger partial charge on any atom is 0.360 e. The molecular weight excluding hydrogens is 164 g/mol. The van der Waals surface area contributed by atoms with Crippen LogP contribution in [0.5, 0.6) is 0 Å². The third-order valence-corrected chi connectivity index (χ3v) is 1.62. The molecule has 0 atom stereocenters. The average molecular weight is 172 g/mol. The Bertz CT molecular complexity index is 254. The van der Waals surface area contributed by atoms with E-state index in [4.69, 9.17) is 15.5 Å². The van der Waals surface area contributed by atoms with Gasteiger partial charge in [0.2, 0.25) is 5.71 Å². The quantitative estimate of drug-likeness (QED) is 0.320. The van der Waals surface area contributed by atoms with Crippen molar-refractivity contribution < 1.29 is 20.3 Å². The van der Waals surface area contributed by atoms with Crippen LogP contribution in [0.15, 0.2) is 10.3 Å². The second kappa shape index (κ2) is 3.21. The molecule has 12 heavy (non-hydrogen) atoms. The van der Waals surface area contributed by atoms with Crippen molar-refractivity contribution in [1.82, 2.24) is 0 Å². The molecule has 0 amide bonds. The van der Waals surface area contributed by atoms with Crippen LogP contribution in [0, 0.1) is 5.92 Å². The Morgan fingerprint density at radius 2 is 1.83 bits per heavy atom. The van der Waals surface area contributed by atoms with Crippen LogP contribution in [0.2, 0.25) is 0 Å². The van der Waals surface area contributed by atoms with Crippen LogP contribution in [0.3, 0.4) is 0 Å². The van der Waals surface area contributed by atoms with Crippen molar-refractivity contribution in [2.24, 2.45) is 16.2 Å². The molecule has 1 aliphatic carbocycles. The van der Waals surface area contributed by atoms with Gasteiger partial charge in [-0.25, -0.2) is 4.79 Å². The molecule has 0 aliphatic heterocycles. The zero-order valence-corrected chi connectivity index (χ0v) is 6.14. The molecule has 1 aliphatic rings. The van der Waals surface area contributed by atoms with Crippen LogP contribution in [0.25, 0.3) is 0 Å². The molecule has 0 heterocycles. The highest BCUT2D eigenvalue weighted by atomic mass is 16.4. The van der Waals surface area contributed by atoms with Crippen molar-refractivity contribution in [3.63, 3.8) is 0 Å². The number of carboxylic acid groups (broad SMARTS) is 1. The molecule has 0 bridgehead atoms. The third kappa shape index (κ3) is 1.52. The molecule has 0 radical (unpaired) electrons. The van der Waals surface area contributed by atoms with E-state index in [0.29, 0.717) is 0 Å². The monoisotopic (exact) mass is 172 g/mol. The van der Waals surface area contributed by atoms with E-state index in [9.17, 15) is 4.79 Å². The molecule has 0 aromatic heterocycles. The first kappa shape index (κ1) is 8.51. The van der Waals surface area contributed by atoms with E-state index in [0.717, 1.165) is 12.8 Å². The first-order valence-electron chi connectivity index (χ1n) is 3.38. The second-order valence-corrected chi connectivity index (χ2v) is 2.51. The number of hydrogen-bond acceptors (Lipinski definition) is 5. The van der Waals surface area contributed by atoms with E-state index in [1.165, 1.54) is 0 Å². The largest absolute Gasteiger partial charge is 0.476 e. The lowest BCUT2D eigenvalue weighted by Gasteiger charge is -1.98. The first-order chi connectivity index (χ1) is 5.70. The van der Waals surface area contributed by atoms with Gasteiger partial charge in [0, 0.05) is 5.92 Å². The van der Waals surface area contributed by atoms with Crippen LogP contribution >= 0.6 is 0 Å². The minimum absolute atomic E-state index is 0.0509. The molecule has 1 rings (SSSR count). The van der Waals surface area contributed by atoms with Gasteiger partial charge in [0.25, 0.3) is 0 Å². The molecule has 6 heteroatoms. The minimum Gasteiger partial charge on any atom is -0.476 e. The molecule has 0 aromatic rings. The van der Waals surface area contributed by atoms with Crippen LogP contribution in [0.1, 0.15) is 12.8 Å². The molecule has 1 saturated carbocycles. The summed E-state index contributed by atoms with van der Waals surface area (Å²) >= 11 is 0. The Kier molecular flexibility index (Phi) is 2.27. The number of oxime groups is 2. The highest BCUT2D eigenvalue weighted by molar-refractivity contribution is 6.65. The number of nitrogens with zero attached hydrogens (tertiary/aromatic N) is 2. The van der Waals surface area contributed by atoms with E-state index in [-0.39, 0.29) is 11.6 Å². The molecule has 0 unspecified atom stereocenters. The summed E-state index contributed by atoms with van der Waals surface area (Å²) in [6.45, 7) is 0. The van der Waals surface area contributed by atoms with Crippen LogP contribution in [-0.2, 0) is 4.79 Å². The van der Waals surface area contributed by atoms with E-state index in [1.54, 1.807) is 0 Å². The molecule has 66 valence electrons. The summed E-state index contributed by atoms with van der Waals surface area (Å²) in [7, 11) is 0. The zero-order chi connectivity index (χ0) is 9.14. The zero-order valence-electron chi connectivity index (χ0n) is 6.14. The highest BCUT2D eigenvalue weighted by Crippen LogP contribution is 2.31. The summed E-state index contributed by atoms with van der Waals surface area (Å²) in [5.74, 6) is -1.46. The molecule has 3 N–H and O–H groups in total. The summed E-state index contributed by atoms with van der Waals surface area (Å²) in [6.07, 6.45) is 1.54. The molecule has 1 fully saturated rings. The second-order valence-electron chi connectivity index (χ2n) is 2.51. The number of carbonyl (C=O) groups is 1. The predicted octanol–water partition coefficient (Wildman–Crippen LogP) is 0.141. The van der Waals surface area contributed by atoms with Gasteiger partial charge in [-0.15, -0.1) is 0 Å². The topological polar surface area (TPSA) is 102 Å². The Balaban J connectivity index is 2.83. The van der Waals surface area contributed by atoms with Gasteiger partial charge in [0.15, 0.2) is 0 Å². The Morgan fingerprint density at radius 1 is 1.25 bits per heavy atom. The van der Waals surface area contributed by atoms with Gasteiger partial charge in [0.05, 0.1) is 0 Å². The van der Waals surface area contributed by atoms with E-state index >= 15 is 0 Å². The van der Waals surface area contributed by atoms with Crippen molar-refractivity contribution >= 4 is 17.4 Å². The summed E-state index contributed by atoms with van der Waals surface area (Å²) in [5, 5.41) is 30.5. The lowest BCUT2D eigenvalue weighted by Crippen LogP contribution is -2.25. The number of carboxylic acids is 1. The Morgan fingerprint density at radius 3 is 2.08 bits per heavy atom.